The first-order valence-electron chi connectivity index (χ1n) is 13.1. The highest BCUT2D eigenvalue weighted by molar-refractivity contribution is 7.17. The van der Waals surface area contributed by atoms with E-state index in [0.717, 1.165) is 27.9 Å². The van der Waals surface area contributed by atoms with Crippen LogP contribution in [0.15, 0.2) is 53.9 Å². The normalized spacial score (nSPS) is 11.7. The van der Waals surface area contributed by atoms with Crippen LogP contribution in [0.5, 0.6) is 5.75 Å². The molecule has 4 aromatic rings. The molecule has 1 amide bonds. The molecule has 2 heterocycles. The number of halogens is 1. The fourth-order valence-corrected chi connectivity index (χ4v) is 4.96. The molecule has 0 fully saturated rings. The van der Waals surface area contributed by atoms with E-state index in [0.29, 0.717) is 23.6 Å². The second kappa shape index (κ2) is 13.2. The molecule has 1 N–H and O–H groups in total. The first kappa shape index (κ1) is 29.4. The third-order valence-corrected chi connectivity index (χ3v) is 6.63. The molecule has 0 aliphatic heterocycles. The van der Waals surface area contributed by atoms with E-state index in [1.807, 2.05) is 25.5 Å². The smallest absolute Gasteiger partial charge is 0.407 e. The van der Waals surface area contributed by atoms with Crippen LogP contribution in [0.3, 0.4) is 0 Å². The third kappa shape index (κ3) is 7.97. The number of thiophene rings is 1. The molecular formula is C30H35FN4O4S. The zero-order chi connectivity index (χ0) is 28.7. The van der Waals surface area contributed by atoms with Crippen molar-refractivity contribution < 1.29 is 23.4 Å². The molecule has 0 aliphatic carbocycles. The van der Waals surface area contributed by atoms with E-state index in [4.69, 9.17) is 14.2 Å². The molecule has 10 heteroatoms. The van der Waals surface area contributed by atoms with Crippen LogP contribution in [0.1, 0.15) is 26.3 Å². The number of aromatic nitrogens is 2. The summed E-state index contributed by atoms with van der Waals surface area (Å²) in [5.41, 5.74) is 3.74. The van der Waals surface area contributed by atoms with Gasteiger partial charge in [0.25, 0.3) is 0 Å². The summed E-state index contributed by atoms with van der Waals surface area (Å²) in [5, 5.41) is 14.8. The zero-order valence-electron chi connectivity index (χ0n) is 23.5. The van der Waals surface area contributed by atoms with Crippen LogP contribution < -0.4 is 10.1 Å². The second-order valence-electron chi connectivity index (χ2n) is 10.5. The second-order valence-corrected chi connectivity index (χ2v) is 11.4. The molecule has 2 aromatic heterocycles. The molecule has 0 unspecified atom stereocenters. The van der Waals surface area contributed by atoms with Gasteiger partial charge >= 0.3 is 6.09 Å². The summed E-state index contributed by atoms with van der Waals surface area (Å²) < 4.78 is 31.8. The number of hydrogen-bond acceptors (Lipinski definition) is 8. The van der Waals surface area contributed by atoms with E-state index in [9.17, 15) is 9.18 Å². The van der Waals surface area contributed by atoms with Gasteiger partial charge in [-0.2, -0.15) is 0 Å². The van der Waals surface area contributed by atoms with Crippen molar-refractivity contribution in [3.05, 3.63) is 65.3 Å². The minimum absolute atomic E-state index is 0.196. The molecule has 4 rings (SSSR count). The van der Waals surface area contributed by atoms with E-state index < -0.39 is 17.5 Å². The number of carbonyl (C=O) groups excluding carboxylic acids is 1. The Morgan fingerprint density at radius 1 is 1.00 bits per heavy atom. The van der Waals surface area contributed by atoms with Gasteiger partial charge in [0, 0.05) is 35.7 Å². The molecule has 8 nitrogen and oxygen atoms in total. The van der Waals surface area contributed by atoms with Crippen LogP contribution in [-0.2, 0) is 16.0 Å². The van der Waals surface area contributed by atoms with Crippen LogP contribution >= 0.6 is 11.3 Å². The van der Waals surface area contributed by atoms with Crippen molar-refractivity contribution in [1.82, 2.24) is 20.4 Å². The number of hydrogen-bond donors (Lipinski definition) is 1. The Bertz CT molecular complexity index is 1430. The molecule has 2 aromatic carbocycles. The molecule has 40 heavy (non-hydrogen) atoms. The van der Waals surface area contributed by atoms with Gasteiger partial charge in [-0.05, 0) is 64.0 Å². The summed E-state index contributed by atoms with van der Waals surface area (Å²) in [7, 11) is 4.08. The fraction of sp³-hybridized carbons (Fsp3) is 0.367. The maximum atomic E-state index is 14.2. The molecular weight excluding hydrogens is 531 g/mol. The van der Waals surface area contributed by atoms with Crippen molar-refractivity contribution in [3.8, 4) is 28.3 Å². The van der Waals surface area contributed by atoms with Crippen molar-refractivity contribution in [3.63, 3.8) is 0 Å². The Kier molecular flexibility index (Phi) is 9.67. The Hall–Kier alpha value is -3.60. The van der Waals surface area contributed by atoms with Crippen LogP contribution in [0.25, 0.3) is 32.6 Å². The van der Waals surface area contributed by atoms with Crippen molar-refractivity contribution in [2.24, 2.45) is 0 Å². The third-order valence-electron chi connectivity index (χ3n) is 5.71. The van der Waals surface area contributed by atoms with Crippen LogP contribution in [0.4, 0.5) is 9.18 Å². The highest BCUT2D eigenvalue weighted by Gasteiger charge is 2.18. The van der Waals surface area contributed by atoms with Crippen molar-refractivity contribution in [2.75, 3.05) is 40.5 Å². The largest absolute Gasteiger partial charge is 0.490 e. The SMILES string of the molecule is CN(C)Cc1ccc(-c2nnc(-c3ccc(F)cc3OCCOCCNC(=O)OC(C)(C)C)c3sccc23)cc1. The lowest BCUT2D eigenvalue weighted by Gasteiger charge is -2.19. The summed E-state index contributed by atoms with van der Waals surface area (Å²) in [6, 6.07) is 14.8. The van der Waals surface area contributed by atoms with Gasteiger partial charge in [-0.15, -0.1) is 21.5 Å². The van der Waals surface area contributed by atoms with Crippen molar-refractivity contribution in [2.45, 2.75) is 32.9 Å². The molecule has 0 spiro atoms. The van der Waals surface area contributed by atoms with Gasteiger partial charge in [0.2, 0.25) is 0 Å². The first-order chi connectivity index (χ1) is 19.1. The predicted octanol–water partition coefficient (Wildman–Crippen LogP) is 6.15. The number of benzene rings is 2. The summed E-state index contributed by atoms with van der Waals surface area (Å²) in [6.07, 6.45) is -0.495. The summed E-state index contributed by atoms with van der Waals surface area (Å²) >= 11 is 1.56. The van der Waals surface area contributed by atoms with E-state index >= 15 is 0 Å². The average Bonchev–Trinajstić information content (AvgIpc) is 3.37. The zero-order valence-corrected chi connectivity index (χ0v) is 24.3. The number of rotatable bonds is 11. The maximum Gasteiger partial charge on any atom is 0.407 e. The van der Waals surface area contributed by atoms with Gasteiger partial charge in [0.05, 0.1) is 17.9 Å². The van der Waals surface area contributed by atoms with Gasteiger partial charge in [0.15, 0.2) is 0 Å². The number of alkyl carbamates (subject to hydrolysis) is 1. The minimum Gasteiger partial charge on any atom is -0.490 e. The lowest BCUT2D eigenvalue weighted by atomic mass is 10.0. The number of amides is 1. The predicted molar refractivity (Wildman–Crippen MR) is 156 cm³/mol. The summed E-state index contributed by atoms with van der Waals surface area (Å²) in [5.74, 6) is -0.0497. The summed E-state index contributed by atoms with van der Waals surface area (Å²) in [6.45, 7) is 7.31. The van der Waals surface area contributed by atoms with E-state index in [-0.39, 0.29) is 19.8 Å². The lowest BCUT2D eigenvalue weighted by Crippen LogP contribution is -2.34. The molecule has 0 saturated heterocycles. The van der Waals surface area contributed by atoms with E-state index in [1.165, 1.54) is 17.7 Å². The van der Waals surface area contributed by atoms with Crippen LogP contribution in [0.2, 0.25) is 0 Å². The number of carbonyl (C=O) groups is 1. The van der Waals surface area contributed by atoms with E-state index in [2.05, 4.69) is 44.7 Å². The quantitative estimate of drug-likeness (QED) is 0.218. The Morgan fingerprint density at radius 3 is 2.48 bits per heavy atom. The Labute approximate surface area is 238 Å². The Balaban J connectivity index is 1.43. The van der Waals surface area contributed by atoms with Gasteiger partial charge in [0.1, 0.15) is 35.2 Å². The highest BCUT2D eigenvalue weighted by Crippen LogP contribution is 2.39. The number of ether oxygens (including phenoxy) is 3. The molecule has 0 radical (unpaired) electrons. The van der Waals surface area contributed by atoms with Crippen molar-refractivity contribution in [1.29, 1.82) is 0 Å². The highest BCUT2D eigenvalue weighted by atomic mass is 32.1. The number of fused-ring (bicyclic) bond motifs is 1. The topological polar surface area (TPSA) is 85.8 Å². The molecule has 0 atom stereocenters. The molecule has 0 aliphatic rings. The van der Waals surface area contributed by atoms with Crippen molar-refractivity contribution >= 4 is 27.5 Å². The van der Waals surface area contributed by atoms with Crippen LogP contribution in [0, 0.1) is 5.82 Å². The Morgan fingerprint density at radius 2 is 1.75 bits per heavy atom. The molecule has 0 bridgehead atoms. The van der Waals surface area contributed by atoms with Crippen LogP contribution in [-0.4, -0.2) is 67.3 Å². The molecule has 0 saturated carbocycles. The van der Waals surface area contributed by atoms with Gasteiger partial charge in [-0.1, -0.05) is 24.3 Å². The standard InChI is InChI=1S/C30H35FN4O4S/c1-30(2,3)39-29(36)32-13-14-37-15-16-38-25-18-22(31)10-11-23(25)27-28-24(12-17-40-28)26(33-34-27)21-8-6-20(7-9-21)19-35(4)5/h6-12,17-18H,13-16,19H2,1-5H3,(H,32,36). The average molecular weight is 567 g/mol. The lowest BCUT2D eigenvalue weighted by molar-refractivity contribution is 0.0489. The summed E-state index contributed by atoms with van der Waals surface area (Å²) in [4.78, 5) is 13.8. The minimum atomic E-state index is -0.557. The fourth-order valence-electron chi connectivity index (χ4n) is 4.06. The maximum absolute atomic E-state index is 14.2. The number of nitrogens with zero attached hydrogens (tertiary/aromatic N) is 3. The number of nitrogens with one attached hydrogen (secondary N) is 1. The van der Waals surface area contributed by atoms with Gasteiger partial charge in [-0.25, -0.2) is 9.18 Å². The van der Waals surface area contributed by atoms with Gasteiger partial charge < -0.3 is 24.4 Å². The first-order valence-corrected chi connectivity index (χ1v) is 13.9. The monoisotopic (exact) mass is 566 g/mol. The van der Waals surface area contributed by atoms with Gasteiger partial charge in [-0.3, -0.25) is 0 Å². The van der Waals surface area contributed by atoms with E-state index in [1.54, 1.807) is 38.2 Å². The molecule has 212 valence electrons.